The zero-order chi connectivity index (χ0) is 34.8. The molecule has 0 radical (unpaired) electrons. The predicted octanol–water partition coefficient (Wildman–Crippen LogP) is 2.04. The van der Waals surface area contributed by atoms with E-state index in [1.54, 1.807) is 59.6 Å². The number of methoxy groups -OCH3 is 4. The van der Waals surface area contributed by atoms with Gasteiger partial charge >= 0.3 is 5.97 Å². The normalized spacial score (nSPS) is 48.0. The van der Waals surface area contributed by atoms with Crippen molar-refractivity contribution in [2.75, 3.05) is 53.0 Å². The fourth-order valence-electron chi connectivity index (χ4n) is 13.2. The lowest BCUT2D eigenvalue weighted by molar-refractivity contribution is -0.320. The Kier molecular flexibility index (Phi) is 7.75. The van der Waals surface area contributed by atoms with Gasteiger partial charge in [0.05, 0.1) is 48.3 Å². The highest BCUT2D eigenvalue weighted by Crippen LogP contribution is 2.80. The third-order valence-electron chi connectivity index (χ3n) is 14.5. The van der Waals surface area contributed by atoms with Gasteiger partial charge in [0.15, 0.2) is 0 Å². The molecule has 5 aliphatic carbocycles. The van der Waals surface area contributed by atoms with E-state index in [4.69, 9.17) is 23.7 Å². The number of nitrogens with zero attached hydrogens (tertiary/aromatic N) is 2. The van der Waals surface area contributed by atoms with Crippen LogP contribution in [0.5, 0.6) is 0 Å². The Morgan fingerprint density at radius 1 is 1.04 bits per heavy atom. The van der Waals surface area contributed by atoms with Crippen LogP contribution in [-0.4, -0.2) is 123 Å². The average molecular weight is 683 g/mol. The Balaban J connectivity index is 1.23. The molecule has 1 unspecified atom stereocenters. The number of esters is 1. The number of hydrogen-bond acceptors (Lipinski definition) is 11. The molecule has 7 bridgehead atoms. The molecular weight excluding hydrogens is 632 g/mol. The van der Waals surface area contributed by atoms with Crippen LogP contribution in [0.1, 0.15) is 56.3 Å². The van der Waals surface area contributed by atoms with Crippen LogP contribution in [0, 0.1) is 40.4 Å². The molecule has 1 spiro atoms. The molecule has 1 aromatic rings. The number of carbonyl (C=O) groups excluding carboxylic acids is 3. The van der Waals surface area contributed by atoms with Crippen molar-refractivity contribution >= 4 is 23.5 Å². The maximum absolute atomic E-state index is 14.1. The molecule has 2 saturated heterocycles. The summed E-state index contributed by atoms with van der Waals surface area (Å²) in [6, 6.07) is 6.12. The number of piperidine rings is 1. The van der Waals surface area contributed by atoms with Crippen molar-refractivity contribution in [1.29, 1.82) is 0 Å². The van der Waals surface area contributed by atoms with Gasteiger partial charge in [0, 0.05) is 82.3 Å². The van der Waals surface area contributed by atoms with Gasteiger partial charge in [-0.3, -0.25) is 14.5 Å². The van der Waals surface area contributed by atoms with Gasteiger partial charge in [-0.05, 0) is 43.9 Å². The van der Waals surface area contributed by atoms with Gasteiger partial charge in [-0.15, -0.1) is 0 Å². The zero-order valence-corrected chi connectivity index (χ0v) is 29.3. The Morgan fingerprint density at radius 2 is 1.80 bits per heavy atom. The number of para-hydroxylation sites is 1. The van der Waals surface area contributed by atoms with Crippen molar-refractivity contribution in [2.45, 2.75) is 87.6 Å². The van der Waals surface area contributed by atoms with E-state index in [-0.39, 0.29) is 84.5 Å². The minimum Gasteiger partial charge on any atom is -0.461 e. The summed E-state index contributed by atoms with van der Waals surface area (Å²) in [5, 5.41) is 26.6. The van der Waals surface area contributed by atoms with Crippen LogP contribution in [0.25, 0.3) is 0 Å². The minimum absolute atomic E-state index is 0.0358. The SMILES string of the molecule is CCN1C[C@@]2(COC(=O)c3ccccc3N3C(=O)C[C@@H](C)C3=O)CC[C@H](OC)[C@]34[C@@H]5CC6[C@@H](OC)C[C@](O)([C@H]5[C@@H]6OC)[C@](O)([C@H]13)[C@@H](OC)[C@@H]24. The molecule has 7 aliphatic rings. The Morgan fingerprint density at radius 3 is 2.43 bits per heavy atom. The summed E-state index contributed by atoms with van der Waals surface area (Å²) in [6.07, 6.45) is 0.813. The first-order valence-electron chi connectivity index (χ1n) is 17.9. The Labute approximate surface area is 287 Å². The lowest BCUT2D eigenvalue weighted by Gasteiger charge is -2.70. The highest BCUT2D eigenvalue weighted by atomic mass is 16.5. The molecule has 2 aliphatic heterocycles. The molecule has 8 rings (SSSR count). The predicted molar refractivity (Wildman–Crippen MR) is 174 cm³/mol. The van der Waals surface area contributed by atoms with Crippen LogP contribution in [-0.2, 0) is 33.3 Å². The van der Waals surface area contributed by atoms with Crippen molar-refractivity contribution < 1.29 is 48.3 Å². The molecule has 14 atom stereocenters. The maximum Gasteiger partial charge on any atom is 0.340 e. The molecule has 7 fully saturated rings. The minimum atomic E-state index is -1.70. The highest BCUT2D eigenvalue weighted by Gasteiger charge is 2.91. The summed E-state index contributed by atoms with van der Waals surface area (Å²) >= 11 is 0. The quantitative estimate of drug-likeness (QED) is 0.292. The molecule has 49 heavy (non-hydrogen) atoms. The molecular formula is C37H50N2O10. The van der Waals surface area contributed by atoms with Gasteiger partial charge in [0.2, 0.25) is 11.8 Å². The lowest BCUT2D eigenvalue weighted by atomic mass is 9.42. The number of anilines is 1. The van der Waals surface area contributed by atoms with E-state index in [2.05, 4.69) is 11.8 Å². The monoisotopic (exact) mass is 682 g/mol. The van der Waals surface area contributed by atoms with Gasteiger partial charge in [-0.25, -0.2) is 9.69 Å². The summed E-state index contributed by atoms with van der Waals surface area (Å²) in [6.45, 7) is 4.95. The van der Waals surface area contributed by atoms with Gasteiger partial charge in [0.1, 0.15) is 11.2 Å². The van der Waals surface area contributed by atoms with Crippen molar-refractivity contribution in [1.82, 2.24) is 4.90 Å². The number of hydrogen-bond donors (Lipinski definition) is 2. The first kappa shape index (κ1) is 33.7. The molecule has 1 aromatic carbocycles. The van der Waals surface area contributed by atoms with Crippen molar-refractivity contribution in [3.63, 3.8) is 0 Å². The van der Waals surface area contributed by atoms with Crippen LogP contribution < -0.4 is 4.90 Å². The van der Waals surface area contributed by atoms with Crippen molar-refractivity contribution in [3.8, 4) is 0 Å². The number of benzene rings is 1. The van der Waals surface area contributed by atoms with E-state index >= 15 is 0 Å². The molecule has 2 N–H and O–H groups in total. The maximum atomic E-state index is 14.1. The third-order valence-corrected chi connectivity index (χ3v) is 14.5. The van der Waals surface area contributed by atoms with Crippen LogP contribution in [0.15, 0.2) is 24.3 Å². The zero-order valence-electron chi connectivity index (χ0n) is 29.3. The summed E-state index contributed by atoms with van der Waals surface area (Å²) in [7, 11) is 6.70. The number of aliphatic hydroxyl groups is 2. The lowest BCUT2D eigenvalue weighted by Crippen LogP contribution is -2.82. The van der Waals surface area contributed by atoms with E-state index in [1.165, 1.54) is 0 Å². The van der Waals surface area contributed by atoms with Gasteiger partial charge in [-0.2, -0.15) is 0 Å². The van der Waals surface area contributed by atoms with Gasteiger partial charge in [0.25, 0.3) is 0 Å². The van der Waals surface area contributed by atoms with E-state index in [0.717, 1.165) is 11.3 Å². The molecule has 2 amide bonds. The Bertz CT molecular complexity index is 1560. The summed E-state index contributed by atoms with van der Waals surface area (Å²) in [4.78, 5) is 43.3. The van der Waals surface area contributed by atoms with E-state index in [9.17, 15) is 24.6 Å². The number of imide groups is 1. The van der Waals surface area contributed by atoms with Crippen molar-refractivity contribution in [2.24, 2.45) is 40.4 Å². The molecule has 12 heteroatoms. The van der Waals surface area contributed by atoms with Gasteiger partial charge in [-0.1, -0.05) is 26.0 Å². The first-order chi connectivity index (χ1) is 23.4. The Hall–Kier alpha value is -2.45. The molecule has 2 heterocycles. The van der Waals surface area contributed by atoms with Crippen LogP contribution >= 0.6 is 0 Å². The molecule has 0 aromatic heterocycles. The second kappa shape index (κ2) is 11.3. The van der Waals surface area contributed by atoms with Crippen LogP contribution in [0.3, 0.4) is 0 Å². The number of rotatable bonds is 9. The second-order valence-electron chi connectivity index (χ2n) is 16.0. The number of ether oxygens (including phenoxy) is 5. The highest BCUT2D eigenvalue weighted by molar-refractivity contribution is 6.22. The van der Waals surface area contributed by atoms with Crippen molar-refractivity contribution in [3.05, 3.63) is 29.8 Å². The number of amides is 2. The molecule has 12 nitrogen and oxygen atoms in total. The first-order valence-corrected chi connectivity index (χ1v) is 17.9. The van der Waals surface area contributed by atoms with E-state index in [1.807, 2.05) is 0 Å². The fourth-order valence-corrected chi connectivity index (χ4v) is 13.2. The summed E-state index contributed by atoms with van der Waals surface area (Å²) in [5.74, 6) is -2.47. The standard InChI is InChI=1S/C37H50N2O10/c1-7-38-17-34(18-49-32(42)20-10-8-9-11-23(20)39-26(40)14-19(2)31(39)41)13-12-25(46-4)36-22-15-21-24(45-3)16-35(43,27(22)28(21)47-5)37(44,33(36)38)30(48-6)29(34)36/h8-11,19,21-22,24-25,27-30,33,43-44H,7,12-18H2,1-6H3/t19-,21?,22-,24+,25+,27-,28-,29+,30+,33-,34-,35+,36+,37-/m1/s1. The molecule has 5 saturated carbocycles. The molecule has 268 valence electrons. The number of likely N-dealkylation sites (tertiary alicyclic amines) is 1. The van der Waals surface area contributed by atoms with E-state index in [0.29, 0.717) is 25.9 Å². The summed E-state index contributed by atoms with van der Waals surface area (Å²) in [5.41, 5.74) is -4.17. The van der Waals surface area contributed by atoms with Crippen LogP contribution in [0.4, 0.5) is 5.69 Å². The topological polar surface area (TPSA) is 144 Å². The average Bonchev–Trinajstić information content (AvgIpc) is 3.63. The largest absolute Gasteiger partial charge is 0.461 e. The fraction of sp³-hybridized carbons (Fsp3) is 0.757. The smallest absolute Gasteiger partial charge is 0.340 e. The van der Waals surface area contributed by atoms with E-state index < -0.39 is 46.1 Å². The third kappa shape index (κ3) is 3.86. The number of likely N-dealkylation sites (N-methyl/N-ethyl adjacent to an activating group) is 1. The van der Waals surface area contributed by atoms with Crippen LogP contribution in [0.2, 0.25) is 0 Å². The van der Waals surface area contributed by atoms with Gasteiger partial charge < -0.3 is 33.9 Å². The second-order valence-corrected chi connectivity index (χ2v) is 16.0. The summed E-state index contributed by atoms with van der Waals surface area (Å²) < 4.78 is 31.4. The number of fused-ring (bicyclic) bond motifs is 2. The number of carbonyl (C=O) groups is 3.